The van der Waals surface area contributed by atoms with Crippen LogP contribution in [0.15, 0.2) is 89.1 Å². The fraction of sp³-hybridized carbons (Fsp3) is 0.0870. The van der Waals surface area contributed by atoms with E-state index < -0.39 is 0 Å². The molecule has 0 spiro atoms. The first-order chi connectivity index (χ1) is 13.8. The topological polar surface area (TPSA) is 54.3 Å². The van der Waals surface area contributed by atoms with E-state index in [0.29, 0.717) is 12.3 Å². The molecule has 0 aromatic heterocycles. The van der Waals surface area contributed by atoms with Crippen LogP contribution in [0.2, 0.25) is 0 Å². The van der Waals surface area contributed by atoms with Crippen LogP contribution in [0.1, 0.15) is 16.7 Å². The van der Waals surface area contributed by atoms with Gasteiger partial charge in [-0.2, -0.15) is 5.10 Å². The fourth-order valence-electron chi connectivity index (χ4n) is 3.12. The van der Waals surface area contributed by atoms with Crippen LogP contribution in [-0.4, -0.2) is 24.9 Å². The fourth-order valence-corrected chi connectivity index (χ4v) is 3.12. The van der Waals surface area contributed by atoms with E-state index in [0.717, 1.165) is 28.1 Å². The molecular formula is C23H19N3O2. The Bertz CT molecular complexity index is 1040. The zero-order valence-electron chi connectivity index (χ0n) is 15.4. The summed E-state index contributed by atoms with van der Waals surface area (Å²) in [5, 5.41) is 8.38. The molecule has 4 rings (SSSR count). The number of rotatable bonds is 5. The lowest BCUT2D eigenvalue weighted by atomic mass is 10.1. The van der Waals surface area contributed by atoms with E-state index in [2.05, 4.69) is 10.2 Å². The first kappa shape index (κ1) is 17.7. The van der Waals surface area contributed by atoms with Crippen LogP contribution >= 0.6 is 0 Å². The molecule has 1 aliphatic rings. The Morgan fingerprint density at radius 3 is 2.39 bits per heavy atom. The number of carbonyl (C=O) groups is 1. The van der Waals surface area contributed by atoms with Gasteiger partial charge in [0.05, 0.1) is 25.6 Å². The maximum atomic E-state index is 13.0. The lowest BCUT2D eigenvalue weighted by Crippen LogP contribution is -2.29. The minimum Gasteiger partial charge on any atom is -0.497 e. The molecule has 5 nitrogen and oxygen atoms in total. The third kappa shape index (κ3) is 3.55. The summed E-state index contributed by atoms with van der Waals surface area (Å²) < 4.78 is 5.15. The van der Waals surface area contributed by atoms with E-state index >= 15 is 0 Å². The van der Waals surface area contributed by atoms with Crippen LogP contribution in [-0.2, 0) is 11.3 Å². The minimum atomic E-state index is -0.142. The van der Waals surface area contributed by atoms with Crippen molar-refractivity contribution in [1.29, 1.82) is 0 Å². The highest BCUT2D eigenvalue weighted by Crippen LogP contribution is 2.30. The zero-order chi connectivity index (χ0) is 19.3. The zero-order valence-corrected chi connectivity index (χ0v) is 15.4. The van der Waals surface area contributed by atoms with E-state index in [4.69, 9.17) is 4.74 Å². The molecule has 28 heavy (non-hydrogen) atoms. The van der Waals surface area contributed by atoms with Gasteiger partial charge in [-0.3, -0.25) is 4.79 Å². The molecule has 3 aromatic carbocycles. The van der Waals surface area contributed by atoms with E-state index in [9.17, 15) is 4.79 Å². The summed E-state index contributed by atoms with van der Waals surface area (Å²) in [6.45, 7) is 0.498. The van der Waals surface area contributed by atoms with Gasteiger partial charge in [0, 0.05) is 5.56 Å². The number of benzene rings is 3. The second kappa shape index (κ2) is 7.88. The molecular weight excluding hydrogens is 350 g/mol. The average molecular weight is 369 g/mol. The van der Waals surface area contributed by atoms with Crippen molar-refractivity contribution in [3.05, 3.63) is 95.6 Å². The third-order valence-corrected chi connectivity index (χ3v) is 4.56. The lowest BCUT2D eigenvalue weighted by molar-refractivity contribution is -0.112. The van der Waals surface area contributed by atoms with Crippen molar-refractivity contribution < 1.29 is 9.53 Å². The van der Waals surface area contributed by atoms with Gasteiger partial charge in [0.1, 0.15) is 5.75 Å². The van der Waals surface area contributed by atoms with Crippen LogP contribution in [0.4, 0.5) is 5.69 Å². The Kier molecular flexibility index (Phi) is 4.97. The maximum absolute atomic E-state index is 13.0. The maximum Gasteiger partial charge on any atom is 0.279 e. The largest absolute Gasteiger partial charge is 0.497 e. The number of amides is 1. The monoisotopic (exact) mass is 369 g/mol. The number of hydrogen-bond acceptors (Lipinski definition) is 4. The molecule has 0 bridgehead atoms. The number of carbonyl (C=O) groups excluding carboxylic acids is 1. The Morgan fingerprint density at radius 2 is 1.64 bits per heavy atom. The first-order valence-electron chi connectivity index (χ1n) is 8.96. The van der Waals surface area contributed by atoms with Gasteiger partial charge in [0.2, 0.25) is 0 Å². The minimum absolute atomic E-state index is 0.142. The molecule has 0 saturated heterocycles. The molecule has 0 fully saturated rings. The highest BCUT2D eigenvalue weighted by molar-refractivity contribution is 6.54. The molecule has 0 atom stereocenters. The molecule has 0 unspecified atom stereocenters. The Labute approximate surface area is 163 Å². The van der Waals surface area contributed by atoms with E-state index in [1.165, 1.54) is 0 Å². The number of anilines is 1. The number of methoxy groups -OCH3 is 1. The summed E-state index contributed by atoms with van der Waals surface area (Å²) in [6, 6.07) is 25.1. The van der Waals surface area contributed by atoms with Gasteiger partial charge < -0.3 is 9.64 Å². The summed E-state index contributed by atoms with van der Waals surface area (Å²) >= 11 is 0. The lowest BCUT2D eigenvalue weighted by Gasteiger charge is -2.16. The quantitative estimate of drug-likeness (QED) is 0.503. The normalized spacial score (nSPS) is 14.7. The number of fused-ring (bicyclic) bond motifs is 1. The number of ether oxygens (including phenoxy) is 1. The Balaban J connectivity index is 1.61. The van der Waals surface area contributed by atoms with E-state index in [1.807, 2.05) is 78.9 Å². The van der Waals surface area contributed by atoms with Crippen molar-refractivity contribution in [3.8, 4) is 5.75 Å². The number of hydrogen-bond donors (Lipinski definition) is 0. The Hall–Kier alpha value is -3.73. The van der Waals surface area contributed by atoms with Gasteiger partial charge >= 0.3 is 0 Å². The number of para-hydroxylation sites is 1. The first-order valence-corrected chi connectivity index (χ1v) is 8.96. The Morgan fingerprint density at radius 1 is 0.929 bits per heavy atom. The summed E-state index contributed by atoms with van der Waals surface area (Å²) in [5.74, 6) is 0.636. The molecule has 0 aliphatic carbocycles. The third-order valence-electron chi connectivity index (χ3n) is 4.56. The highest BCUT2D eigenvalue weighted by atomic mass is 16.5. The van der Waals surface area contributed by atoms with Gasteiger partial charge in [-0.15, -0.1) is 5.10 Å². The SMILES string of the molecule is COc1ccc(/C=N/N=C2/C(=O)N(Cc3ccccc3)c3ccccc32)cc1. The van der Waals surface area contributed by atoms with Crippen molar-refractivity contribution in [2.45, 2.75) is 6.54 Å². The highest BCUT2D eigenvalue weighted by Gasteiger charge is 2.33. The van der Waals surface area contributed by atoms with Crippen LogP contribution in [0, 0.1) is 0 Å². The summed E-state index contributed by atoms with van der Waals surface area (Å²) in [4.78, 5) is 14.7. The molecule has 5 heteroatoms. The standard InChI is InChI=1S/C23H19N3O2/c1-28-19-13-11-17(12-14-19)15-24-25-22-20-9-5-6-10-21(20)26(23(22)27)16-18-7-3-2-4-8-18/h2-15H,16H2,1H3/b24-15+,25-22+. The van der Waals surface area contributed by atoms with Gasteiger partial charge in [0.25, 0.3) is 5.91 Å². The van der Waals surface area contributed by atoms with Crippen LogP contribution in [0.5, 0.6) is 5.75 Å². The van der Waals surface area contributed by atoms with E-state index in [1.54, 1.807) is 18.2 Å². The average Bonchev–Trinajstić information content (AvgIpc) is 3.01. The van der Waals surface area contributed by atoms with Gasteiger partial charge in [-0.05, 0) is 41.5 Å². The second-order valence-corrected chi connectivity index (χ2v) is 6.36. The van der Waals surface area contributed by atoms with Gasteiger partial charge in [-0.25, -0.2) is 0 Å². The van der Waals surface area contributed by atoms with Crippen LogP contribution in [0.25, 0.3) is 0 Å². The molecule has 138 valence electrons. The summed E-state index contributed by atoms with van der Waals surface area (Å²) in [5.41, 5.74) is 3.96. The molecule has 0 radical (unpaired) electrons. The van der Waals surface area contributed by atoms with Crippen molar-refractivity contribution in [3.63, 3.8) is 0 Å². The second-order valence-electron chi connectivity index (χ2n) is 6.36. The van der Waals surface area contributed by atoms with Crippen molar-refractivity contribution in [1.82, 2.24) is 0 Å². The van der Waals surface area contributed by atoms with Gasteiger partial charge in [0.15, 0.2) is 5.71 Å². The molecule has 0 saturated carbocycles. The number of nitrogens with zero attached hydrogens (tertiary/aromatic N) is 3. The molecule has 0 N–H and O–H groups in total. The summed E-state index contributed by atoms with van der Waals surface area (Å²) in [6.07, 6.45) is 1.63. The molecule has 1 heterocycles. The van der Waals surface area contributed by atoms with E-state index in [-0.39, 0.29) is 5.91 Å². The van der Waals surface area contributed by atoms with Crippen LogP contribution in [0.3, 0.4) is 0 Å². The van der Waals surface area contributed by atoms with Crippen molar-refractivity contribution in [2.24, 2.45) is 10.2 Å². The molecule has 3 aromatic rings. The van der Waals surface area contributed by atoms with Crippen molar-refractivity contribution in [2.75, 3.05) is 12.0 Å². The van der Waals surface area contributed by atoms with Crippen molar-refractivity contribution >= 4 is 23.5 Å². The molecule has 1 aliphatic heterocycles. The predicted octanol–water partition coefficient (Wildman–Crippen LogP) is 4.07. The van der Waals surface area contributed by atoms with Crippen LogP contribution < -0.4 is 9.64 Å². The smallest absolute Gasteiger partial charge is 0.279 e. The summed E-state index contributed by atoms with van der Waals surface area (Å²) in [7, 11) is 1.62. The molecule has 1 amide bonds. The van der Waals surface area contributed by atoms with Gasteiger partial charge in [-0.1, -0.05) is 48.5 Å². The predicted molar refractivity (Wildman–Crippen MR) is 111 cm³/mol.